The first-order chi connectivity index (χ1) is 8.90. The number of esters is 2. The summed E-state index contributed by atoms with van der Waals surface area (Å²) < 4.78 is 10.6. The minimum absolute atomic E-state index is 0.126. The molecule has 19 heavy (non-hydrogen) atoms. The molecule has 2 aliphatic rings. The number of ether oxygens (including phenoxy) is 2. The summed E-state index contributed by atoms with van der Waals surface area (Å²) in [6.07, 6.45) is 4.62. The molecule has 0 spiro atoms. The zero-order valence-corrected chi connectivity index (χ0v) is 12.0. The number of carbonyl (C=O) groups is 2. The van der Waals surface area contributed by atoms with Gasteiger partial charge in [0.2, 0.25) is 0 Å². The van der Waals surface area contributed by atoms with Crippen molar-refractivity contribution in [1.82, 2.24) is 0 Å². The number of hydrogen-bond acceptors (Lipinski definition) is 4. The van der Waals surface area contributed by atoms with Gasteiger partial charge in [-0.1, -0.05) is 12.2 Å². The SMILES string of the molecule is CC(C)OC(=O)C1C2C=CC(C2)C1C(=O)OC(C)C. The zero-order valence-electron chi connectivity index (χ0n) is 12.0. The molecule has 1 fully saturated rings. The molecule has 4 heteroatoms. The first-order valence-electron chi connectivity index (χ1n) is 6.99. The minimum atomic E-state index is -0.372. The molecular formula is C15H22O4. The molecule has 2 rings (SSSR count). The van der Waals surface area contributed by atoms with Crippen LogP contribution in [0.1, 0.15) is 34.1 Å². The fourth-order valence-corrected chi connectivity index (χ4v) is 3.09. The molecule has 0 amide bonds. The standard InChI is InChI=1S/C15H22O4/c1-8(2)18-14(16)12-10-5-6-11(7-10)13(12)15(17)19-9(3)4/h5-6,8-13H,7H2,1-4H3. The van der Waals surface area contributed by atoms with E-state index >= 15 is 0 Å². The third-order valence-corrected chi connectivity index (χ3v) is 3.71. The molecule has 0 aliphatic heterocycles. The predicted molar refractivity (Wildman–Crippen MR) is 70.2 cm³/mol. The molecular weight excluding hydrogens is 244 g/mol. The molecule has 0 radical (unpaired) electrons. The van der Waals surface area contributed by atoms with Crippen LogP contribution < -0.4 is 0 Å². The van der Waals surface area contributed by atoms with Crippen molar-refractivity contribution in [1.29, 1.82) is 0 Å². The van der Waals surface area contributed by atoms with Crippen molar-refractivity contribution < 1.29 is 19.1 Å². The number of fused-ring (bicyclic) bond motifs is 2. The highest BCUT2D eigenvalue weighted by Crippen LogP contribution is 2.49. The van der Waals surface area contributed by atoms with Crippen molar-refractivity contribution in [2.24, 2.45) is 23.7 Å². The Morgan fingerprint density at radius 1 is 0.895 bits per heavy atom. The Morgan fingerprint density at radius 3 is 1.58 bits per heavy atom. The van der Waals surface area contributed by atoms with Crippen molar-refractivity contribution in [2.75, 3.05) is 0 Å². The fraction of sp³-hybridized carbons (Fsp3) is 0.733. The van der Waals surface area contributed by atoms with E-state index in [1.54, 1.807) is 0 Å². The van der Waals surface area contributed by atoms with Gasteiger partial charge >= 0.3 is 11.9 Å². The summed E-state index contributed by atoms with van der Waals surface area (Å²) in [4.78, 5) is 24.4. The Balaban J connectivity index is 2.13. The second kappa shape index (κ2) is 5.35. The Hall–Kier alpha value is -1.32. The van der Waals surface area contributed by atoms with Crippen LogP contribution in [0.4, 0.5) is 0 Å². The van der Waals surface area contributed by atoms with Crippen LogP contribution in [0.3, 0.4) is 0 Å². The van der Waals surface area contributed by atoms with E-state index in [9.17, 15) is 9.59 Å². The van der Waals surface area contributed by atoms with Gasteiger partial charge in [0.1, 0.15) is 0 Å². The lowest BCUT2D eigenvalue weighted by atomic mass is 9.83. The Morgan fingerprint density at radius 2 is 1.26 bits per heavy atom. The molecule has 0 heterocycles. The molecule has 0 saturated heterocycles. The summed E-state index contributed by atoms with van der Waals surface area (Å²) in [5.41, 5.74) is 0. The van der Waals surface area contributed by atoms with Gasteiger partial charge in [0.15, 0.2) is 0 Å². The average Bonchev–Trinajstić information content (AvgIpc) is 2.85. The highest BCUT2D eigenvalue weighted by Gasteiger charge is 2.53. The highest BCUT2D eigenvalue weighted by molar-refractivity contribution is 5.84. The molecule has 1 saturated carbocycles. The summed E-state index contributed by atoms with van der Waals surface area (Å²) in [6.45, 7) is 7.29. The lowest BCUT2D eigenvalue weighted by Gasteiger charge is -2.26. The van der Waals surface area contributed by atoms with Gasteiger partial charge in [-0.15, -0.1) is 0 Å². The topological polar surface area (TPSA) is 52.6 Å². The molecule has 2 bridgehead atoms. The van der Waals surface area contributed by atoms with E-state index in [1.807, 2.05) is 39.8 Å². The van der Waals surface area contributed by atoms with Crippen molar-refractivity contribution in [2.45, 2.75) is 46.3 Å². The molecule has 0 aromatic rings. The second-order valence-electron chi connectivity index (χ2n) is 5.97. The van der Waals surface area contributed by atoms with Crippen molar-refractivity contribution in [3.63, 3.8) is 0 Å². The molecule has 0 aromatic carbocycles. The molecule has 4 atom stereocenters. The maximum Gasteiger partial charge on any atom is 0.310 e. The van der Waals surface area contributed by atoms with Gasteiger partial charge < -0.3 is 9.47 Å². The second-order valence-corrected chi connectivity index (χ2v) is 5.97. The summed E-state index contributed by atoms with van der Waals surface area (Å²) in [6, 6.07) is 0. The van der Waals surface area contributed by atoms with E-state index in [4.69, 9.17) is 9.47 Å². The number of allylic oxidation sites excluding steroid dienone is 2. The van der Waals surface area contributed by atoms with Gasteiger partial charge in [0.05, 0.1) is 24.0 Å². The highest BCUT2D eigenvalue weighted by atomic mass is 16.6. The average molecular weight is 266 g/mol. The fourth-order valence-electron chi connectivity index (χ4n) is 3.09. The van der Waals surface area contributed by atoms with Gasteiger partial charge in [-0.3, -0.25) is 9.59 Å². The van der Waals surface area contributed by atoms with Crippen molar-refractivity contribution in [3.05, 3.63) is 12.2 Å². The molecule has 0 aromatic heterocycles. The normalized spacial score (nSPS) is 32.1. The summed E-state index contributed by atoms with van der Waals surface area (Å²) in [7, 11) is 0. The van der Waals surface area contributed by atoms with E-state index in [0.29, 0.717) is 0 Å². The lowest BCUT2D eigenvalue weighted by molar-refractivity contribution is -0.165. The summed E-state index contributed by atoms with van der Waals surface area (Å²) in [5, 5.41) is 0. The number of carbonyl (C=O) groups excluding carboxylic acids is 2. The van der Waals surface area contributed by atoms with E-state index in [0.717, 1.165) is 6.42 Å². The van der Waals surface area contributed by atoms with E-state index < -0.39 is 0 Å². The van der Waals surface area contributed by atoms with E-state index in [2.05, 4.69) is 0 Å². The molecule has 2 aliphatic carbocycles. The Labute approximate surface area is 114 Å². The quantitative estimate of drug-likeness (QED) is 0.579. The van der Waals surface area contributed by atoms with Crippen LogP contribution in [0, 0.1) is 23.7 Å². The smallest absolute Gasteiger partial charge is 0.310 e. The predicted octanol–water partition coefficient (Wildman–Crippen LogP) is 2.33. The van der Waals surface area contributed by atoms with Gasteiger partial charge in [0, 0.05) is 0 Å². The van der Waals surface area contributed by atoms with Gasteiger partial charge in [-0.2, -0.15) is 0 Å². The molecule has 0 N–H and O–H groups in total. The summed E-state index contributed by atoms with van der Waals surface area (Å²) in [5.74, 6) is -1.02. The van der Waals surface area contributed by atoms with Crippen LogP contribution in [-0.4, -0.2) is 24.1 Å². The van der Waals surface area contributed by atoms with E-state index in [-0.39, 0.29) is 47.8 Å². The first-order valence-corrected chi connectivity index (χ1v) is 6.99. The Bertz CT molecular complexity index is 361. The molecule has 4 nitrogen and oxygen atoms in total. The molecule has 4 unspecified atom stereocenters. The lowest BCUT2D eigenvalue weighted by Crippen LogP contribution is -2.37. The first kappa shape index (κ1) is 14.1. The van der Waals surface area contributed by atoms with Gasteiger partial charge in [-0.25, -0.2) is 0 Å². The van der Waals surface area contributed by atoms with Gasteiger partial charge in [0.25, 0.3) is 0 Å². The van der Waals surface area contributed by atoms with Crippen LogP contribution in [0.15, 0.2) is 12.2 Å². The molecule has 106 valence electrons. The van der Waals surface area contributed by atoms with Crippen molar-refractivity contribution in [3.8, 4) is 0 Å². The van der Waals surface area contributed by atoms with Crippen LogP contribution in [0.2, 0.25) is 0 Å². The van der Waals surface area contributed by atoms with E-state index in [1.165, 1.54) is 0 Å². The third kappa shape index (κ3) is 2.82. The van der Waals surface area contributed by atoms with Crippen molar-refractivity contribution >= 4 is 11.9 Å². The van der Waals surface area contributed by atoms with Crippen LogP contribution in [0.5, 0.6) is 0 Å². The number of hydrogen-bond donors (Lipinski definition) is 0. The largest absolute Gasteiger partial charge is 0.463 e. The Kier molecular flexibility index (Phi) is 3.97. The number of rotatable bonds is 4. The summed E-state index contributed by atoms with van der Waals surface area (Å²) >= 11 is 0. The van der Waals surface area contributed by atoms with Crippen LogP contribution in [0.25, 0.3) is 0 Å². The maximum absolute atomic E-state index is 12.2. The third-order valence-electron chi connectivity index (χ3n) is 3.71. The van der Waals surface area contributed by atoms with Gasteiger partial charge in [-0.05, 0) is 46.0 Å². The monoisotopic (exact) mass is 266 g/mol. The minimum Gasteiger partial charge on any atom is -0.463 e. The van der Waals surface area contributed by atoms with Crippen LogP contribution in [-0.2, 0) is 19.1 Å². The zero-order chi connectivity index (χ0) is 14.2. The maximum atomic E-state index is 12.2. The van der Waals surface area contributed by atoms with Crippen LogP contribution >= 0.6 is 0 Å².